The van der Waals surface area contributed by atoms with Crippen LogP contribution in [-0.4, -0.2) is 38.1 Å². The number of fused-ring (bicyclic) bond motifs is 1. The number of anilines is 1. The fraction of sp³-hybridized carbons (Fsp3) is 0.462. The predicted molar refractivity (Wildman–Crippen MR) is 75.4 cm³/mol. The van der Waals surface area contributed by atoms with Crippen molar-refractivity contribution in [2.24, 2.45) is 0 Å². The lowest BCUT2D eigenvalue weighted by Crippen LogP contribution is -2.37. The minimum Gasteiger partial charge on any atom is -0.469 e. The number of nitrogens with two attached hydrogens (primary N) is 1. The molecule has 2 N–H and O–H groups in total. The van der Waals surface area contributed by atoms with Gasteiger partial charge in [-0.3, -0.25) is 4.79 Å². The number of nitrogen functional groups attached to an aromatic ring is 1. The van der Waals surface area contributed by atoms with Gasteiger partial charge in [-0.15, -0.1) is 0 Å². The molecule has 1 aromatic carbocycles. The summed E-state index contributed by atoms with van der Waals surface area (Å²) in [6.45, 7) is 0.740. The summed E-state index contributed by atoms with van der Waals surface area (Å²) in [6.07, 6.45) is 0.534. The van der Waals surface area contributed by atoms with Gasteiger partial charge in [0, 0.05) is 18.8 Å². The Morgan fingerprint density at radius 2 is 2.15 bits per heavy atom. The molecule has 2 rings (SSSR count). The van der Waals surface area contributed by atoms with E-state index < -0.39 is 16.0 Å². The molecule has 6 nitrogen and oxygen atoms in total. The van der Waals surface area contributed by atoms with Crippen LogP contribution in [0.1, 0.15) is 17.5 Å². The van der Waals surface area contributed by atoms with Crippen LogP contribution in [0.3, 0.4) is 0 Å². The van der Waals surface area contributed by atoms with E-state index in [1.807, 2.05) is 12.1 Å². The number of carbonyl (C=O) groups excluding carboxylic acids is 1. The smallest absolute Gasteiger partial charge is 0.306 e. The summed E-state index contributed by atoms with van der Waals surface area (Å²) >= 11 is 0. The number of hydrogen-bond donors (Lipinski definition) is 1. The highest BCUT2D eigenvalue weighted by molar-refractivity contribution is 7.89. The lowest BCUT2D eigenvalue weighted by atomic mass is 10.0. The Kier molecular flexibility index (Phi) is 4.29. The molecule has 0 saturated carbocycles. The molecule has 0 saturated heterocycles. The van der Waals surface area contributed by atoms with Gasteiger partial charge in [0.25, 0.3) is 0 Å². The van der Waals surface area contributed by atoms with E-state index in [4.69, 9.17) is 5.73 Å². The van der Waals surface area contributed by atoms with Crippen molar-refractivity contribution < 1.29 is 17.9 Å². The van der Waals surface area contributed by atoms with Gasteiger partial charge in [-0.05, 0) is 29.7 Å². The van der Waals surface area contributed by atoms with Crippen molar-refractivity contribution in [1.82, 2.24) is 4.31 Å². The van der Waals surface area contributed by atoms with Gasteiger partial charge in [0.2, 0.25) is 10.0 Å². The van der Waals surface area contributed by atoms with Crippen molar-refractivity contribution in [3.63, 3.8) is 0 Å². The Bertz CT molecular complexity index is 613. The van der Waals surface area contributed by atoms with E-state index in [1.54, 1.807) is 6.07 Å². The van der Waals surface area contributed by atoms with Crippen LogP contribution in [0.25, 0.3) is 0 Å². The Morgan fingerprint density at radius 1 is 1.40 bits per heavy atom. The third-order valence-electron chi connectivity index (χ3n) is 3.39. The van der Waals surface area contributed by atoms with Crippen LogP contribution < -0.4 is 5.73 Å². The van der Waals surface area contributed by atoms with E-state index in [0.717, 1.165) is 11.1 Å². The van der Waals surface area contributed by atoms with E-state index in [0.29, 0.717) is 25.2 Å². The van der Waals surface area contributed by atoms with Crippen LogP contribution in [0.2, 0.25) is 0 Å². The highest BCUT2D eigenvalue weighted by Gasteiger charge is 2.27. The quantitative estimate of drug-likeness (QED) is 0.646. The summed E-state index contributed by atoms with van der Waals surface area (Å²) < 4.78 is 30.2. The topological polar surface area (TPSA) is 89.7 Å². The average molecular weight is 298 g/mol. The van der Waals surface area contributed by atoms with Crippen molar-refractivity contribution in [2.45, 2.75) is 19.4 Å². The van der Waals surface area contributed by atoms with Crippen LogP contribution in [-0.2, 0) is 32.5 Å². The summed E-state index contributed by atoms with van der Waals surface area (Å²) in [6, 6.07) is 5.56. The van der Waals surface area contributed by atoms with Crippen LogP contribution in [0.4, 0.5) is 5.69 Å². The Labute approximate surface area is 118 Å². The van der Waals surface area contributed by atoms with Crippen molar-refractivity contribution >= 4 is 21.7 Å². The number of carbonyl (C=O) groups is 1. The Balaban J connectivity index is 2.09. The first-order chi connectivity index (χ1) is 9.42. The van der Waals surface area contributed by atoms with Gasteiger partial charge < -0.3 is 10.5 Å². The highest BCUT2D eigenvalue weighted by Crippen LogP contribution is 2.23. The van der Waals surface area contributed by atoms with Crippen LogP contribution in [0, 0.1) is 0 Å². The summed E-state index contributed by atoms with van der Waals surface area (Å²) in [5.74, 6) is -0.743. The molecule has 1 heterocycles. The molecule has 110 valence electrons. The first kappa shape index (κ1) is 14.8. The average Bonchev–Trinajstić information content (AvgIpc) is 2.44. The maximum absolute atomic E-state index is 12.2. The highest BCUT2D eigenvalue weighted by atomic mass is 32.2. The number of benzene rings is 1. The lowest BCUT2D eigenvalue weighted by molar-refractivity contribution is -0.140. The molecule has 0 aromatic heterocycles. The molecule has 0 unspecified atom stereocenters. The van der Waals surface area contributed by atoms with Gasteiger partial charge >= 0.3 is 5.97 Å². The largest absolute Gasteiger partial charge is 0.469 e. The van der Waals surface area contributed by atoms with Crippen molar-refractivity contribution in [1.29, 1.82) is 0 Å². The van der Waals surface area contributed by atoms with Crippen molar-refractivity contribution in [3.05, 3.63) is 29.3 Å². The monoisotopic (exact) mass is 298 g/mol. The van der Waals surface area contributed by atoms with Gasteiger partial charge in [0.05, 0.1) is 19.3 Å². The number of esters is 1. The van der Waals surface area contributed by atoms with E-state index in [1.165, 1.54) is 11.4 Å². The minimum atomic E-state index is -3.45. The molecule has 0 bridgehead atoms. The maximum atomic E-state index is 12.2. The molecule has 0 aliphatic carbocycles. The van der Waals surface area contributed by atoms with Gasteiger partial charge in [0.1, 0.15) is 0 Å². The van der Waals surface area contributed by atoms with Gasteiger partial charge in [0.15, 0.2) is 0 Å². The molecule has 0 amide bonds. The summed E-state index contributed by atoms with van der Waals surface area (Å²) in [5, 5.41) is 0. The van der Waals surface area contributed by atoms with E-state index >= 15 is 0 Å². The van der Waals surface area contributed by atoms with Crippen LogP contribution in [0.15, 0.2) is 18.2 Å². The zero-order valence-corrected chi connectivity index (χ0v) is 12.1. The normalized spacial score (nSPS) is 15.7. The summed E-state index contributed by atoms with van der Waals surface area (Å²) in [4.78, 5) is 11.1. The molecule has 0 atom stereocenters. The lowest BCUT2D eigenvalue weighted by Gasteiger charge is -2.28. The molecular formula is C13H18N2O4S. The number of hydrogen-bond acceptors (Lipinski definition) is 5. The molecular weight excluding hydrogens is 280 g/mol. The molecule has 7 heteroatoms. The van der Waals surface area contributed by atoms with Crippen molar-refractivity contribution in [3.8, 4) is 0 Å². The molecule has 1 aromatic rings. The number of rotatable bonds is 4. The van der Waals surface area contributed by atoms with Gasteiger partial charge in [-0.1, -0.05) is 6.07 Å². The second kappa shape index (κ2) is 5.80. The van der Waals surface area contributed by atoms with Crippen LogP contribution >= 0.6 is 0 Å². The fourth-order valence-corrected chi connectivity index (χ4v) is 3.62. The summed E-state index contributed by atoms with van der Waals surface area (Å²) in [7, 11) is -2.21. The first-order valence-electron chi connectivity index (χ1n) is 6.34. The predicted octanol–water partition coefficient (Wildman–Crippen LogP) is 0.520. The third kappa shape index (κ3) is 3.29. The van der Waals surface area contributed by atoms with Crippen molar-refractivity contribution in [2.75, 3.05) is 25.1 Å². The number of ether oxygens (including phenoxy) is 1. The molecule has 1 aliphatic rings. The van der Waals surface area contributed by atoms with Gasteiger partial charge in [-0.25, -0.2) is 8.42 Å². The third-order valence-corrected chi connectivity index (χ3v) is 5.21. The molecule has 1 aliphatic heterocycles. The second-order valence-electron chi connectivity index (χ2n) is 4.75. The standard InChI is InChI=1S/C13H18N2O4S/c1-19-13(16)5-7-20(17,18)15-6-4-10-2-3-12(14)8-11(10)9-15/h2-3,8H,4-7,9,14H2,1H3. The van der Waals surface area contributed by atoms with E-state index in [2.05, 4.69) is 4.74 Å². The zero-order valence-electron chi connectivity index (χ0n) is 11.3. The molecule has 0 fully saturated rings. The van der Waals surface area contributed by atoms with Gasteiger partial charge in [-0.2, -0.15) is 4.31 Å². The Hall–Kier alpha value is -1.60. The molecule has 20 heavy (non-hydrogen) atoms. The SMILES string of the molecule is COC(=O)CCS(=O)(=O)N1CCc2ccc(N)cc2C1. The second-order valence-corrected chi connectivity index (χ2v) is 6.84. The van der Waals surface area contributed by atoms with Crippen LogP contribution in [0.5, 0.6) is 0 Å². The van der Waals surface area contributed by atoms with E-state index in [-0.39, 0.29) is 12.2 Å². The Morgan fingerprint density at radius 3 is 2.85 bits per heavy atom. The summed E-state index contributed by atoms with van der Waals surface area (Å²) in [5.41, 5.74) is 8.40. The fourth-order valence-electron chi connectivity index (χ4n) is 2.23. The number of methoxy groups -OCH3 is 1. The zero-order chi connectivity index (χ0) is 14.8. The molecule has 0 spiro atoms. The number of nitrogens with zero attached hydrogens (tertiary/aromatic N) is 1. The molecule has 0 radical (unpaired) electrons. The first-order valence-corrected chi connectivity index (χ1v) is 7.95. The van der Waals surface area contributed by atoms with E-state index in [9.17, 15) is 13.2 Å². The maximum Gasteiger partial charge on any atom is 0.306 e. The minimum absolute atomic E-state index is 0.126. The number of sulfonamides is 1.